The summed E-state index contributed by atoms with van der Waals surface area (Å²) in [7, 11) is 0. The highest BCUT2D eigenvalue weighted by molar-refractivity contribution is 9.10. The van der Waals surface area contributed by atoms with E-state index in [1.807, 2.05) is 12.1 Å². The summed E-state index contributed by atoms with van der Waals surface area (Å²) in [5, 5.41) is 10.5. The molecule has 0 radical (unpaired) electrons. The minimum absolute atomic E-state index is 0.0697. The molecule has 3 atom stereocenters. The molecule has 24 heavy (non-hydrogen) atoms. The maximum Gasteiger partial charge on any atom is 0.0796 e. The summed E-state index contributed by atoms with van der Waals surface area (Å²) in [5.74, 6) is 0.396. The number of aliphatic hydroxyl groups excluding tert-OH is 1. The van der Waals surface area contributed by atoms with Crippen molar-refractivity contribution < 1.29 is 5.11 Å². The molecule has 0 heterocycles. The van der Waals surface area contributed by atoms with Crippen LogP contribution in [0.4, 0.5) is 0 Å². The van der Waals surface area contributed by atoms with Gasteiger partial charge in [0.1, 0.15) is 0 Å². The standard InChI is InChI=1S/C22H21BrO/c23-22(12-10-17(11-13-22)16-6-2-1-3-7-16)19-14-18-8-4-5-9-20(18)21(24)15-19/h1-12,19,21,24H,13-15H2. The van der Waals surface area contributed by atoms with Gasteiger partial charge in [0.05, 0.1) is 10.4 Å². The van der Waals surface area contributed by atoms with Gasteiger partial charge in [-0.3, -0.25) is 0 Å². The number of hydrogen-bond acceptors (Lipinski definition) is 1. The summed E-state index contributed by atoms with van der Waals surface area (Å²) < 4.78 is -0.0697. The first-order chi connectivity index (χ1) is 11.7. The lowest BCUT2D eigenvalue weighted by Crippen LogP contribution is -2.35. The molecule has 0 spiro atoms. The van der Waals surface area contributed by atoms with Crippen LogP contribution in [-0.4, -0.2) is 9.43 Å². The zero-order chi connectivity index (χ0) is 16.6. The SMILES string of the molecule is OC1CC(C2(Br)C=CC(c3ccccc3)=CC2)Cc2ccccc21. The van der Waals surface area contributed by atoms with Gasteiger partial charge in [-0.25, -0.2) is 0 Å². The second kappa shape index (κ2) is 6.34. The van der Waals surface area contributed by atoms with E-state index >= 15 is 0 Å². The van der Waals surface area contributed by atoms with Crippen LogP contribution in [0.15, 0.2) is 72.8 Å². The fourth-order valence-electron chi connectivity index (χ4n) is 3.93. The van der Waals surface area contributed by atoms with Gasteiger partial charge in [0.2, 0.25) is 0 Å². The van der Waals surface area contributed by atoms with E-state index in [-0.39, 0.29) is 10.4 Å². The van der Waals surface area contributed by atoms with Gasteiger partial charge in [0.25, 0.3) is 0 Å². The number of aliphatic hydroxyl groups is 1. The van der Waals surface area contributed by atoms with E-state index < -0.39 is 0 Å². The second-order valence-electron chi connectivity index (χ2n) is 6.84. The van der Waals surface area contributed by atoms with Gasteiger partial charge in [0, 0.05) is 0 Å². The molecule has 2 heteroatoms. The molecule has 0 aromatic heterocycles. The molecule has 2 aromatic carbocycles. The molecule has 3 unspecified atom stereocenters. The number of halogens is 1. The maximum atomic E-state index is 10.5. The molecule has 0 amide bonds. The topological polar surface area (TPSA) is 20.2 Å². The van der Waals surface area contributed by atoms with E-state index in [0.29, 0.717) is 5.92 Å². The van der Waals surface area contributed by atoms with Crippen molar-refractivity contribution in [1.29, 1.82) is 0 Å². The summed E-state index contributed by atoms with van der Waals surface area (Å²) in [5.41, 5.74) is 4.93. The van der Waals surface area contributed by atoms with Crippen LogP contribution < -0.4 is 0 Å². The molecule has 0 bridgehead atoms. The molecular weight excluding hydrogens is 360 g/mol. The van der Waals surface area contributed by atoms with Gasteiger partial charge < -0.3 is 5.11 Å². The maximum absolute atomic E-state index is 10.5. The Labute approximate surface area is 151 Å². The zero-order valence-corrected chi connectivity index (χ0v) is 15.1. The van der Waals surface area contributed by atoms with Gasteiger partial charge in [-0.2, -0.15) is 0 Å². The average molecular weight is 381 g/mol. The molecule has 4 rings (SSSR count). The third kappa shape index (κ3) is 2.89. The molecule has 1 N–H and O–H groups in total. The predicted octanol–water partition coefficient (Wildman–Crippen LogP) is 5.46. The van der Waals surface area contributed by atoms with Crippen molar-refractivity contribution in [2.24, 2.45) is 5.92 Å². The average Bonchev–Trinajstić information content (AvgIpc) is 2.63. The number of rotatable bonds is 2. The van der Waals surface area contributed by atoms with Gasteiger partial charge in [-0.15, -0.1) is 0 Å². The van der Waals surface area contributed by atoms with Crippen molar-refractivity contribution in [3.05, 3.63) is 89.5 Å². The Morgan fingerprint density at radius 1 is 1.00 bits per heavy atom. The number of benzene rings is 2. The van der Waals surface area contributed by atoms with Crippen LogP contribution in [0.25, 0.3) is 5.57 Å². The Hall–Kier alpha value is -1.64. The highest BCUT2D eigenvalue weighted by Crippen LogP contribution is 2.46. The van der Waals surface area contributed by atoms with Gasteiger partial charge in [-0.05, 0) is 47.4 Å². The van der Waals surface area contributed by atoms with Crippen LogP contribution in [0, 0.1) is 5.92 Å². The Morgan fingerprint density at radius 2 is 1.75 bits per heavy atom. The molecule has 2 aliphatic carbocycles. The van der Waals surface area contributed by atoms with E-state index in [2.05, 4.69) is 76.6 Å². The van der Waals surface area contributed by atoms with Crippen LogP contribution in [0.1, 0.15) is 35.6 Å². The fourth-order valence-corrected chi connectivity index (χ4v) is 4.58. The summed E-state index contributed by atoms with van der Waals surface area (Å²) in [4.78, 5) is 0. The van der Waals surface area contributed by atoms with E-state index in [1.54, 1.807) is 0 Å². The van der Waals surface area contributed by atoms with E-state index in [4.69, 9.17) is 0 Å². The first-order valence-corrected chi connectivity index (χ1v) is 9.35. The number of allylic oxidation sites excluding steroid dienone is 4. The third-order valence-electron chi connectivity index (χ3n) is 5.35. The van der Waals surface area contributed by atoms with Crippen LogP contribution in [0.3, 0.4) is 0 Å². The molecule has 0 saturated heterocycles. The molecule has 2 aliphatic rings. The summed E-state index contributed by atoms with van der Waals surface area (Å²) in [6, 6.07) is 18.8. The Bertz CT molecular complexity index is 793. The smallest absolute Gasteiger partial charge is 0.0796 e. The van der Waals surface area contributed by atoms with Gasteiger partial charge in [0.15, 0.2) is 0 Å². The third-order valence-corrected chi connectivity index (χ3v) is 6.58. The van der Waals surface area contributed by atoms with E-state index in [9.17, 15) is 5.11 Å². The lowest BCUT2D eigenvalue weighted by molar-refractivity contribution is 0.125. The lowest BCUT2D eigenvalue weighted by atomic mass is 9.73. The molecule has 122 valence electrons. The summed E-state index contributed by atoms with van der Waals surface area (Å²) >= 11 is 3.99. The van der Waals surface area contributed by atoms with Crippen molar-refractivity contribution in [3.63, 3.8) is 0 Å². The second-order valence-corrected chi connectivity index (χ2v) is 8.32. The number of fused-ring (bicyclic) bond motifs is 1. The first kappa shape index (κ1) is 15.9. The van der Waals surface area contributed by atoms with Crippen molar-refractivity contribution in [3.8, 4) is 0 Å². The monoisotopic (exact) mass is 380 g/mol. The zero-order valence-electron chi connectivity index (χ0n) is 13.5. The van der Waals surface area contributed by atoms with Crippen LogP contribution in [0.2, 0.25) is 0 Å². The summed E-state index contributed by atoms with van der Waals surface area (Å²) in [6.07, 6.45) is 9.24. The highest BCUT2D eigenvalue weighted by atomic mass is 79.9. The molecule has 0 fully saturated rings. The summed E-state index contributed by atoms with van der Waals surface area (Å²) in [6.45, 7) is 0. The largest absolute Gasteiger partial charge is 0.388 e. The van der Waals surface area contributed by atoms with Gasteiger partial charge in [-0.1, -0.05) is 88.8 Å². The molecule has 2 aromatic rings. The predicted molar refractivity (Wildman–Crippen MR) is 103 cm³/mol. The lowest BCUT2D eigenvalue weighted by Gasteiger charge is -2.39. The molecule has 0 aliphatic heterocycles. The highest BCUT2D eigenvalue weighted by Gasteiger charge is 2.39. The Morgan fingerprint density at radius 3 is 2.50 bits per heavy atom. The minimum Gasteiger partial charge on any atom is -0.388 e. The Balaban J connectivity index is 1.56. The first-order valence-electron chi connectivity index (χ1n) is 8.55. The quantitative estimate of drug-likeness (QED) is 0.685. The number of alkyl halides is 1. The Kier molecular flexibility index (Phi) is 4.19. The normalized spacial score (nSPS) is 29.0. The minimum atomic E-state index is -0.359. The van der Waals surface area contributed by atoms with Crippen molar-refractivity contribution >= 4 is 21.5 Å². The van der Waals surface area contributed by atoms with Crippen LogP contribution in [-0.2, 0) is 6.42 Å². The van der Waals surface area contributed by atoms with Crippen molar-refractivity contribution in [2.75, 3.05) is 0 Å². The molecule has 0 saturated carbocycles. The number of hydrogen-bond donors (Lipinski definition) is 1. The van der Waals surface area contributed by atoms with Crippen molar-refractivity contribution in [2.45, 2.75) is 29.7 Å². The molecular formula is C22H21BrO. The van der Waals surface area contributed by atoms with E-state index in [1.165, 1.54) is 16.7 Å². The molecule has 1 nitrogen and oxygen atoms in total. The van der Waals surface area contributed by atoms with Gasteiger partial charge >= 0.3 is 0 Å². The fraction of sp³-hybridized carbons (Fsp3) is 0.273. The van der Waals surface area contributed by atoms with E-state index in [0.717, 1.165) is 24.8 Å². The van der Waals surface area contributed by atoms with Crippen molar-refractivity contribution in [1.82, 2.24) is 0 Å². The van der Waals surface area contributed by atoms with Crippen LogP contribution in [0.5, 0.6) is 0 Å². The van der Waals surface area contributed by atoms with Crippen LogP contribution >= 0.6 is 15.9 Å².